The molecule has 0 radical (unpaired) electrons. The van der Waals surface area contributed by atoms with Crippen LogP contribution < -0.4 is 11.1 Å². The van der Waals surface area contributed by atoms with Crippen molar-refractivity contribution in [3.05, 3.63) is 81.7 Å². The molecule has 5 rings (SSSR count). The zero-order chi connectivity index (χ0) is 24.5. The first-order valence-electron chi connectivity index (χ1n) is 12.2. The number of nitrogens with two attached hydrogens (primary N) is 1. The van der Waals surface area contributed by atoms with Crippen LogP contribution in [0.4, 0.5) is 5.00 Å². The molecule has 4 aromatic rings. The van der Waals surface area contributed by atoms with Crippen molar-refractivity contribution in [2.75, 3.05) is 5.32 Å². The second-order valence-corrected chi connectivity index (χ2v) is 10.5. The van der Waals surface area contributed by atoms with Gasteiger partial charge in [0.15, 0.2) is 0 Å². The number of carbonyl (C=O) groups excluding carboxylic acids is 2. The molecule has 2 amide bonds. The predicted octanol–water partition coefficient (Wildman–Crippen LogP) is 6.39. The molecule has 0 bridgehead atoms. The van der Waals surface area contributed by atoms with E-state index < -0.39 is 5.91 Å². The van der Waals surface area contributed by atoms with Crippen molar-refractivity contribution in [1.82, 2.24) is 4.98 Å². The highest BCUT2D eigenvalue weighted by atomic mass is 32.1. The third-order valence-corrected chi connectivity index (χ3v) is 7.90. The van der Waals surface area contributed by atoms with E-state index in [4.69, 9.17) is 10.7 Å². The third-order valence-electron chi connectivity index (χ3n) is 6.73. The second kappa shape index (κ2) is 9.62. The molecule has 5 nitrogen and oxygen atoms in total. The van der Waals surface area contributed by atoms with Crippen LogP contribution in [-0.4, -0.2) is 16.8 Å². The number of aryl methyl sites for hydroxylation is 1. The van der Waals surface area contributed by atoms with Crippen molar-refractivity contribution in [2.24, 2.45) is 11.7 Å². The number of carbonyl (C=O) groups is 2. The number of thiophene rings is 1. The van der Waals surface area contributed by atoms with E-state index in [1.807, 2.05) is 30.3 Å². The van der Waals surface area contributed by atoms with Gasteiger partial charge in [-0.15, -0.1) is 11.3 Å². The van der Waals surface area contributed by atoms with Gasteiger partial charge in [-0.3, -0.25) is 9.59 Å². The minimum atomic E-state index is -0.486. The molecule has 0 unspecified atom stereocenters. The number of fused-ring (bicyclic) bond motifs is 2. The molecule has 2 heterocycles. The number of primary amides is 1. The number of rotatable bonds is 6. The number of pyridine rings is 1. The fraction of sp³-hybridized carbons (Fsp3) is 0.276. The predicted molar refractivity (Wildman–Crippen MR) is 143 cm³/mol. The number of nitrogens with zero attached hydrogens (tertiary/aromatic N) is 1. The van der Waals surface area contributed by atoms with Crippen LogP contribution >= 0.6 is 11.3 Å². The van der Waals surface area contributed by atoms with E-state index in [0.29, 0.717) is 22.0 Å². The molecule has 0 saturated heterocycles. The van der Waals surface area contributed by atoms with Gasteiger partial charge in [0.05, 0.1) is 22.3 Å². The smallest absolute Gasteiger partial charge is 0.257 e. The summed E-state index contributed by atoms with van der Waals surface area (Å²) in [5, 5.41) is 4.35. The highest BCUT2D eigenvalue weighted by Crippen LogP contribution is 2.40. The Bertz CT molecular complexity index is 1420. The monoisotopic (exact) mass is 483 g/mol. The molecule has 0 saturated carbocycles. The van der Waals surface area contributed by atoms with Gasteiger partial charge in [0.1, 0.15) is 5.00 Å². The molecular formula is C29H29N3O2S. The largest absolute Gasteiger partial charge is 0.365 e. The molecule has 0 fully saturated rings. The van der Waals surface area contributed by atoms with Crippen molar-refractivity contribution >= 4 is 39.1 Å². The zero-order valence-electron chi connectivity index (χ0n) is 20.1. The SMILES string of the molecule is CCCc1ccc(-c2cc(C(=O)Nc3sc4c(c3C(N)=O)CC[C@@H](C)C4)c3ccccc3n2)cc1. The minimum absolute atomic E-state index is 0.262. The zero-order valence-corrected chi connectivity index (χ0v) is 20.9. The maximum Gasteiger partial charge on any atom is 0.257 e. The Morgan fingerprint density at radius 1 is 1.14 bits per heavy atom. The van der Waals surface area contributed by atoms with E-state index in [0.717, 1.165) is 64.7 Å². The van der Waals surface area contributed by atoms with Crippen LogP contribution in [0.3, 0.4) is 0 Å². The normalized spacial score (nSPS) is 15.1. The van der Waals surface area contributed by atoms with E-state index in [9.17, 15) is 9.59 Å². The standard InChI is InChI=1S/C29H29N3O2S/c1-3-6-18-10-12-19(13-11-18)24-16-22(20-7-4-5-8-23(20)31-24)28(34)32-29-26(27(30)33)21-14-9-17(2)15-25(21)35-29/h4-5,7-8,10-13,16-17H,3,6,9,14-15H2,1-2H3,(H2,30,33)(H,32,34)/t17-/m1/s1. The van der Waals surface area contributed by atoms with Crippen LogP contribution in [0.1, 0.15) is 63.4 Å². The quantitative estimate of drug-likeness (QED) is 0.333. The summed E-state index contributed by atoms with van der Waals surface area (Å²) in [5.41, 5.74) is 11.5. The van der Waals surface area contributed by atoms with Crippen molar-refractivity contribution < 1.29 is 9.59 Å². The summed E-state index contributed by atoms with van der Waals surface area (Å²) in [5.74, 6) is -0.192. The molecule has 1 aliphatic carbocycles. The summed E-state index contributed by atoms with van der Waals surface area (Å²) < 4.78 is 0. The summed E-state index contributed by atoms with van der Waals surface area (Å²) in [4.78, 5) is 31.9. The van der Waals surface area contributed by atoms with E-state index in [1.165, 1.54) is 16.9 Å². The molecule has 0 spiro atoms. The van der Waals surface area contributed by atoms with Crippen LogP contribution in [0.25, 0.3) is 22.2 Å². The van der Waals surface area contributed by atoms with Gasteiger partial charge in [0.2, 0.25) is 0 Å². The number of anilines is 1. The third kappa shape index (κ3) is 4.58. The molecule has 1 aliphatic rings. The second-order valence-electron chi connectivity index (χ2n) is 9.39. The fourth-order valence-corrected chi connectivity index (χ4v) is 6.32. The number of aromatic nitrogens is 1. The van der Waals surface area contributed by atoms with Crippen molar-refractivity contribution in [1.29, 1.82) is 0 Å². The Kier molecular flexibility index (Phi) is 6.39. The Balaban J connectivity index is 1.55. The van der Waals surface area contributed by atoms with E-state index in [2.05, 4.69) is 43.4 Å². The Labute approximate surface area is 209 Å². The lowest BCUT2D eigenvalue weighted by atomic mass is 9.88. The average molecular weight is 484 g/mol. The first-order valence-corrected chi connectivity index (χ1v) is 13.0. The summed E-state index contributed by atoms with van der Waals surface area (Å²) in [7, 11) is 0. The van der Waals surface area contributed by atoms with E-state index >= 15 is 0 Å². The van der Waals surface area contributed by atoms with Gasteiger partial charge in [-0.05, 0) is 54.9 Å². The van der Waals surface area contributed by atoms with Crippen LogP contribution in [-0.2, 0) is 19.3 Å². The van der Waals surface area contributed by atoms with Gasteiger partial charge in [-0.1, -0.05) is 62.7 Å². The van der Waals surface area contributed by atoms with Gasteiger partial charge < -0.3 is 11.1 Å². The summed E-state index contributed by atoms with van der Waals surface area (Å²) >= 11 is 1.48. The van der Waals surface area contributed by atoms with Crippen LogP contribution in [0.2, 0.25) is 0 Å². The lowest BCUT2D eigenvalue weighted by Crippen LogP contribution is -2.19. The lowest BCUT2D eigenvalue weighted by Gasteiger charge is -2.18. The molecule has 3 N–H and O–H groups in total. The topological polar surface area (TPSA) is 85.1 Å². The first-order chi connectivity index (χ1) is 16.9. The number of amides is 2. The van der Waals surface area contributed by atoms with Crippen molar-refractivity contribution in [2.45, 2.75) is 46.0 Å². The van der Waals surface area contributed by atoms with Gasteiger partial charge in [0.25, 0.3) is 11.8 Å². The summed E-state index contributed by atoms with van der Waals surface area (Å²) in [6.07, 6.45) is 4.87. The summed E-state index contributed by atoms with van der Waals surface area (Å²) in [6, 6.07) is 17.8. The Hall–Kier alpha value is -3.51. The highest BCUT2D eigenvalue weighted by molar-refractivity contribution is 7.17. The number of hydrogen-bond donors (Lipinski definition) is 2. The fourth-order valence-electron chi connectivity index (χ4n) is 4.91. The van der Waals surface area contributed by atoms with Crippen LogP contribution in [0.5, 0.6) is 0 Å². The molecule has 178 valence electrons. The molecule has 35 heavy (non-hydrogen) atoms. The number of nitrogens with one attached hydrogen (secondary N) is 1. The van der Waals surface area contributed by atoms with Gasteiger partial charge >= 0.3 is 0 Å². The molecule has 2 aromatic heterocycles. The number of para-hydroxylation sites is 1. The van der Waals surface area contributed by atoms with Gasteiger partial charge in [-0.25, -0.2) is 4.98 Å². The van der Waals surface area contributed by atoms with Crippen LogP contribution in [0, 0.1) is 5.92 Å². The molecule has 2 aromatic carbocycles. The van der Waals surface area contributed by atoms with E-state index in [1.54, 1.807) is 0 Å². The average Bonchev–Trinajstić information content (AvgIpc) is 3.21. The van der Waals surface area contributed by atoms with Crippen LogP contribution in [0.15, 0.2) is 54.6 Å². The molecule has 1 atom stereocenters. The van der Waals surface area contributed by atoms with Gasteiger partial charge in [0, 0.05) is 15.8 Å². The Morgan fingerprint density at radius 2 is 1.91 bits per heavy atom. The highest BCUT2D eigenvalue weighted by Gasteiger charge is 2.28. The maximum atomic E-state index is 13.6. The number of hydrogen-bond acceptors (Lipinski definition) is 4. The summed E-state index contributed by atoms with van der Waals surface area (Å²) in [6.45, 7) is 4.38. The Morgan fingerprint density at radius 3 is 2.66 bits per heavy atom. The number of benzene rings is 2. The van der Waals surface area contributed by atoms with Crippen molar-refractivity contribution in [3.63, 3.8) is 0 Å². The van der Waals surface area contributed by atoms with Crippen molar-refractivity contribution in [3.8, 4) is 11.3 Å². The lowest BCUT2D eigenvalue weighted by molar-refractivity contribution is 0.1000. The minimum Gasteiger partial charge on any atom is -0.365 e. The van der Waals surface area contributed by atoms with Gasteiger partial charge in [-0.2, -0.15) is 0 Å². The first kappa shape index (κ1) is 23.2. The maximum absolute atomic E-state index is 13.6. The molecule has 0 aliphatic heterocycles. The molecular weight excluding hydrogens is 454 g/mol. The molecule has 6 heteroatoms. The van der Waals surface area contributed by atoms with E-state index in [-0.39, 0.29) is 5.91 Å².